The van der Waals surface area contributed by atoms with Crippen LogP contribution < -0.4 is 0 Å². The predicted octanol–water partition coefficient (Wildman–Crippen LogP) is 21.6. The fraction of sp³-hybridized carbons (Fsp3) is 0. The molecule has 17 rings (SSSR count). The summed E-state index contributed by atoms with van der Waals surface area (Å²) in [4.78, 5) is 0. The van der Waals surface area contributed by atoms with Crippen LogP contribution in [-0.2, 0) is 0 Å². The number of benzene rings is 15. The molecule has 2 heteroatoms. The first kappa shape index (κ1) is 43.2. The van der Waals surface area contributed by atoms with E-state index in [4.69, 9.17) is 0 Å². The molecule has 0 amide bonds. The van der Waals surface area contributed by atoms with Gasteiger partial charge in [-0.1, -0.05) is 218 Å². The summed E-state index contributed by atoms with van der Waals surface area (Å²) in [5.41, 5.74) is 22.9. The van der Waals surface area contributed by atoms with Gasteiger partial charge in [0.25, 0.3) is 0 Å². The topological polar surface area (TPSA) is 0 Å². The molecule has 15 aromatic carbocycles. The normalized spacial score (nSPS) is 12.2. The van der Waals surface area contributed by atoms with Gasteiger partial charge in [0, 0.05) is 0 Å². The molecule has 0 atom stereocenters. The van der Waals surface area contributed by atoms with E-state index in [0.29, 0.717) is 0 Å². The molecule has 0 saturated carbocycles. The standard InChI is InChI=1S/C76H42F2/c77-49-33-29-47(30-34-49)65-53-27-15-14-26-52(53)64(46-23-11-4-12-24-46)75-61-41-59(43-17-5-1-6-18-43)67-55-37-39-57-69-62(42-60(44-19-7-2-8-20-44)68(73(55)69)56-38-40-58(72(65)75)70(61)74(56)67)76-66(48-31-35-50(78)36-32-48)54-28-16-13-25-51(54)63(71(57)76)45-21-9-3-10-22-45/h1-42H. The van der Waals surface area contributed by atoms with Crippen LogP contribution in [0.2, 0.25) is 0 Å². The molecule has 78 heavy (non-hydrogen) atoms. The number of fused-ring (bicyclic) bond motifs is 10. The Bertz CT molecular complexity index is 5000. The van der Waals surface area contributed by atoms with E-state index in [1.165, 1.54) is 104 Å². The summed E-state index contributed by atoms with van der Waals surface area (Å²) in [6.07, 6.45) is 0. The molecule has 0 aliphatic heterocycles. The highest BCUT2D eigenvalue weighted by Crippen LogP contribution is 2.65. The van der Waals surface area contributed by atoms with Gasteiger partial charge in [0.2, 0.25) is 0 Å². The molecule has 0 nitrogen and oxygen atoms in total. The summed E-state index contributed by atoms with van der Waals surface area (Å²) >= 11 is 0. The molecule has 0 aromatic heterocycles. The first-order valence-electron chi connectivity index (χ1n) is 26.8. The Kier molecular flexibility index (Phi) is 9.01. The highest BCUT2D eigenvalue weighted by molar-refractivity contribution is 6.45. The lowest BCUT2D eigenvalue weighted by Gasteiger charge is -2.22. The van der Waals surface area contributed by atoms with Crippen LogP contribution in [0.1, 0.15) is 0 Å². The van der Waals surface area contributed by atoms with Crippen molar-refractivity contribution in [1.82, 2.24) is 0 Å². The summed E-state index contributed by atoms with van der Waals surface area (Å²) < 4.78 is 30.0. The molecule has 0 fully saturated rings. The Labute approximate surface area is 448 Å². The molecular formula is C76H42F2. The molecule has 0 radical (unpaired) electrons. The van der Waals surface area contributed by atoms with Crippen molar-refractivity contribution < 1.29 is 8.78 Å². The van der Waals surface area contributed by atoms with E-state index in [1.807, 2.05) is 24.3 Å². The predicted molar refractivity (Wildman–Crippen MR) is 324 cm³/mol. The van der Waals surface area contributed by atoms with E-state index in [9.17, 15) is 4.39 Å². The van der Waals surface area contributed by atoms with E-state index < -0.39 is 0 Å². The van der Waals surface area contributed by atoms with Crippen LogP contribution in [0, 0.1) is 11.6 Å². The van der Waals surface area contributed by atoms with Crippen LogP contribution in [0.5, 0.6) is 0 Å². The maximum atomic E-state index is 15.0. The molecular weight excluding hydrogens is 951 g/mol. The molecule has 0 unspecified atom stereocenters. The second-order valence-electron chi connectivity index (χ2n) is 21.1. The number of hydrogen-bond donors (Lipinski definition) is 0. The third-order valence-electron chi connectivity index (χ3n) is 17.2. The average molecular weight is 993 g/mol. The van der Waals surface area contributed by atoms with Crippen LogP contribution >= 0.6 is 0 Å². The molecule has 0 heterocycles. The van der Waals surface area contributed by atoms with E-state index in [0.717, 1.165) is 71.6 Å². The lowest BCUT2D eigenvalue weighted by molar-refractivity contribution is 0.627. The second-order valence-corrected chi connectivity index (χ2v) is 21.1. The summed E-state index contributed by atoms with van der Waals surface area (Å²) in [6, 6.07) is 89.9. The SMILES string of the molecule is Fc1ccc(-c2c3c(c(-c4ccccc4)c4ccccc24)-c2cc(-c4ccccc4)c4c5ccc6c7c(cc(-c8ccccc8)c(c8ccc-3c2c84)c75)-c2c-6c(-c3ccccc3)c3ccccc3c2-c2ccc(F)cc2)cc1. The molecule has 15 aromatic rings. The summed E-state index contributed by atoms with van der Waals surface area (Å²) in [5.74, 6) is -0.517. The van der Waals surface area contributed by atoms with Crippen molar-refractivity contribution in [1.29, 1.82) is 0 Å². The number of halogens is 2. The van der Waals surface area contributed by atoms with Crippen molar-refractivity contribution in [3.63, 3.8) is 0 Å². The first-order chi connectivity index (χ1) is 38.6. The average Bonchev–Trinajstić information content (AvgIpc) is 4.00. The largest absolute Gasteiger partial charge is 0.207 e. The van der Waals surface area contributed by atoms with Gasteiger partial charge in [0.1, 0.15) is 11.6 Å². The lowest BCUT2D eigenvalue weighted by atomic mass is 9.80. The zero-order valence-corrected chi connectivity index (χ0v) is 42.0. The van der Waals surface area contributed by atoms with Crippen molar-refractivity contribution in [3.8, 4) is 111 Å². The Balaban J connectivity index is 1.10. The van der Waals surface area contributed by atoms with Gasteiger partial charge in [-0.25, -0.2) is 8.78 Å². The van der Waals surface area contributed by atoms with Gasteiger partial charge >= 0.3 is 0 Å². The third-order valence-corrected chi connectivity index (χ3v) is 17.2. The van der Waals surface area contributed by atoms with Gasteiger partial charge in [-0.2, -0.15) is 0 Å². The molecule has 360 valence electrons. The fourth-order valence-corrected chi connectivity index (χ4v) is 14.2. The van der Waals surface area contributed by atoms with Gasteiger partial charge in [0.15, 0.2) is 0 Å². The van der Waals surface area contributed by atoms with Crippen molar-refractivity contribution >= 4 is 64.6 Å². The van der Waals surface area contributed by atoms with Crippen molar-refractivity contribution in [2.24, 2.45) is 0 Å². The maximum absolute atomic E-state index is 15.0. The molecule has 2 aliphatic carbocycles. The van der Waals surface area contributed by atoms with Gasteiger partial charge in [-0.15, -0.1) is 0 Å². The van der Waals surface area contributed by atoms with Gasteiger partial charge < -0.3 is 0 Å². The van der Waals surface area contributed by atoms with Crippen molar-refractivity contribution in [2.45, 2.75) is 0 Å². The monoisotopic (exact) mass is 992 g/mol. The van der Waals surface area contributed by atoms with Crippen molar-refractivity contribution in [2.75, 3.05) is 0 Å². The number of rotatable bonds is 6. The highest BCUT2D eigenvalue weighted by atomic mass is 19.1. The summed E-state index contributed by atoms with van der Waals surface area (Å²) in [5, 5.41) is 14.3. The first-order valence-corrected chi connectivity index (χ1v) is 26.8. The van der Waals surface area contributed by atoms with Gasteiger partial charge in [-0.05, 0) is 212 Å². The number of hydrogen-bond acceptors (Lipinski definition) is 0. The zero-order chi connectivity index (χ0) is 51.3. The van der Waals surface area contributed by atoms with Crippen LogP contribution in [0.25, 0.3) is 176 Å². The van der Waals surface area contributed by atoms with E-state index in [2.05, 4.69) is 206 Å². The van der Waals surface area contributed by atoms with Crippen LogP contribution in [0.15, 0.2) is 255 Å². The van der Waals surface area contributed by atoms with E-state index in [1.54, 1.807) is 24.3 Å². The van der Waals surface area contributed by atoms with Crippen LogP contribution in [-0.4, -0.2) is 0 Å². The Morgan fingerprint density at radius 3 is 0.782 bits per heavy atom. The Hall–Kier alpha value is -10.0. The van der Waals surface area contributed by atoms with Gasteiger partial charge in [0.05, 0.1) is 0 Å². The summed E-state index contributed by atoms with van der Waals surface area (Å²) in [7, 11) is 0. The third kappa shape index (κ3) is 5.86. The van der Waals surface area contributed by atoms with Gasteiger partial charge in [-0.3, -0.25) is 0 Å². The lowest BCUT2D eigenvalue weighted by Crippen LogP contribution is -1.94. The summed E-state index contributed by atoms with van der Waals surface area (Å²) in [6.45, 7) is 0. The highest BCUT2D eigenvalue weighted by Gasteiger charge is 2.37. The Morgan fingerprint density at radius 2 is 0.449 bits per heavy atom. The fourth-order valence-electron chi connectivity index (χ4n) is 14.2. The van der Waals surface area contributed by atoms with Crippen molar-refractivity contribution in [3.05, 3.63) is 266 Å². The maximum Gasteiger partial charge on any atom is 0.123 e. The molecule has 2 aliphatic rings. The minimum absolute atomic E-state index is 0.258. The molecule has 0 bridgehead atoms. The van der Waals surface area contributed by atoms with Crippen LogP contribution in [0.3, 0.4) is 0 Å². The van der Waals surface area contributed by atoms with E-state index >= 15 is 4.39 Å². The quantitative estimate of drug-likeness (QED) is 0.115. The minimum Gasteiger partial charge on any atom is -0.207 e. The zero-order valence-electron chi connectivity index (χ0n) is 42.0. The second kappa shape index (κ2) is 16.2. The van der Waals surface area contributed by atoms with Crippen LogP contribution in [0.4, 0.5) is 8.78 Å². The molecule has 0 spiro atoms. The minimum atomic E-state index is -0.259. The van der Waals surface area contributed by atoms with E-state index in [-0.39, 0.29) is 11.6 Å². The Morgan fingerprint density at radius 1 is 0.167 bits per heavy atom. The molecule has 0 N–H and O–H groups in total. The smallest absolute Gasteiger partial charge is 0.123 e. The molecule has 0 saturated heterocycles.